The minimum Gasteiger partial charge on any atom is -0.454 e. The molecular weight excluding hydrogens is 340 g/mol. The van der Waals surface area contributed by atoms with E-state index in [0.717, 1.165) is 10.9 Å². The molecule has 6 nitrogen and oxygen atoms in total. The first-order chi connectivity index (χ1) is 12.3. The lowest BCUT2D eigenvalue weighted by atomic mass is 10.0. The fourth-order valence-electron chi connectivity index (χ4n) is 2.77. The summed E-state index contributed by atoms with van der Waals surface area (Å²) in [5.74, 6) is 0.488. The zero-order chi connectivity index (χ0) is 17.2. The Morgan fingerprint density at radius 2 is 1.96 bits per heavy atom. The van der Waals surface area contributed by atoms with Gasteiger partial charge in [0.2, 0.25) is 0 Å². The van der Waals surface area contributed by atoms with Crippen molar-refractivity contribution < 1.29 is 9.62 Å². The van der Waals surface area contributed by atoms with E-state index < -0.39 is 0 Å². The van der Waals surface area contributed by atoms with E-state index in [4.69, 9.17) is 16.0 Å². The van der Waals surface area contributed by atoms with Gasteiger partial charge in [-0.05, 0) is 18.2 Å². The molecule has 0 bridgehead atoms. The van der Waals surface area contributed by atoms with Crippen LogP contribution in [0.5, 0.6) is 0 Å². The Balaban J connectivity index is 1.89. The van der Waals surface area contributed by atoms with E-state index in [0.29, 0.717) is 34.2 Å². The summed E-state index contributed by atoms with van der Waals surface area (Å²) in [6, 6.07) is 14.7. The molecule has 0 spiro atoms. The van der Waals surface area contributed by atoms with Gasteiger partial charge in [0, 0.05) is 21.5 Å². The van der Waals surface area contributed by atoms with Crippen molar-refractivity contribution in [2.75, 3.05) is 0 Å². The SMILES string of the molecule is O/N=C(\c1ccc(Cl)cc1)c1oc2ccccc2c1Cn1cncn1. The van der Waals surface area contributed by atoms with E-state index in [1.807, 2.05) is 24.3 Å². The second-order valence-corrected chi connectivity index (χ2v) is 5.89. The van der Waals surface area contributed by atoms with Gasteiger partial charge in [-0.15, -0.1) is 0 Å². The third-order valence-electron chi connectivity index (χ3n) is 3.92. The number of aromatic nitrogens is 3. The first-order valence-electron chi connectivity index (χ1n) is 7.57. The summed E-state index contributed by atoms with van der Waals surface area (Å²) in [6.07, 6.45) is 3.10. The van der Waals surface area contributed by atoms with Crippen LogP contribution in [0.1, 0.15) is 16.9 Å². The minimum absolute atomic E-state index is 0.336. The summed E-state index contributed by atoms with van der Waals surface area (Å²) < 4.78 is 7.69. The molecule has 0 unspecified atom stereocenters. The van der Waals surface area contributed by atoms with Crippen molar-refractivity contribution in [1.82, 2.24) is 14.8 Å². The van der Waals surface area contributed by atoms with Gasteiger partial charge in [-0.2, -0.15) is 5.10 Å². The number of fused-ring (bicyclic) bond motifs is 1. The van der Waals surface area contributed by atoms with Crippen LogP contribution in [0.4, 0.5) is 0 Å². The molecule has 7 heteroatoms. The van der Waals surface area contributed by atoms with E-state index in [1.54, 1.807) is 35.3 Å². The fraction of sp³-hybridized carbons (Fsp3) is 0.0556. The first-order valence-corrected chi connectivity index (χ1v) is 7.95. The van der Waals surface area contributed by atoms with Crippen LogP contribution in [-0.2, 0) is 6.54 Å². The molecule has 25 heavy (non-hydrogen) atoms. The average molecular weight is 353 g/mol. The zero-order valence-corrected chi connectivity index (χ0v) is 13.8. The average Bonchev–Trinajstić information content (AvgIpc) is 3.27. The number of nitrogens with zero attached hydrogens (tertiary/aromatic N) is 4. The number of hydrogen-bond donors (Lipinski definition) is 1. The van der Waals surface area contributed by atoms with Crippen molar-refractivity contribution in [1.29, 1.82) is 0 Å². The number of hydrogen-bond acceptors (Lipinski definition) is 5. The summed E-state index contributed by atoms with van der Waals surface area (Å²) in [7, 11) is 0. The van der Waals surface area contributed by atoms with Gasteiger partial charge in [-0.1, -0.05) is 47.1 Å². The molecule has 0 aliphatic carbocycles. The van der Waals surface area contributed by atoms with Crippen LogP contribution in [0.25, 0.3) is 11.0 Å². The third kappa shape index (κ3) is 2.88. The number of rotatable bonds is 4. The van der Waals surface area contributed by atoms with E-state index in [-0.39, 0.29) is 0 Å². The Morgan fingerprint density at radius 1 is 1.16 bits per heavy atom. The maximum atomic E-state index is 9.64. The Labute approximate surface area is 148 Å². The highest BCUT2D eigenvalue weighted by Crippen LogP contribution is 2.29. The summed E-state index contributed by atoms with van der Waals surface area (Å²) in [5.41, 5.74) is 2.61. The van der Waals surface area contributed by atoms with Gasteiger partial charge in [0.1, 0.15) is 18.2 Å². The quantitative estimate of drug-likeness (QED) is 0.343. The highest BCUT2D eigenvalue weighted by Gasteiger charge is 2.21. The van der Waals surface area contributed by atoms with Crippen molar-refractivity contribution in [3.63, 3.8) is 0 Å². The van der Waals surface area contributed by atoms with Gasteiger partial charge in [-0.25, -0.2) is 9.67 Å². The molecule has 0 fully saturated rings. The van der Waals surface area contributed by atoms with E-state index in [2.05, 4.69) is 15.2 Å². The van der Waals surface area contributed by atoms with Crippen molar-refractivity contribution in [2.24, 2.45) is 5.16 Å². The topological polar surface area (TPSA) is 76.4 Å². The molecule has 0 atom stereocenters. The molecule has 0 aliphatic heterocycles. The second-order valence-electron chi connectivity index (χ2n) is 5.45. The van der Waals surface area contributed by atoms with Gasteiger partial charge >= 0.3 is 0 Å². The molecule has 4 rings (SSSR count). The molecule has 0 aliphatic rings. The molecule has 2 aromatic carbocycles. The maximum absolute atomic E-state index is 9.64. The monoisotopic (exact) mass is 352 g/mol. The highest BCUT2D eigenvalue weighted by atomic mass is 35.5. The van der Waals surface area contributed by atoms with Gasteiger partial charge in [0.15, 0.2) is 11.5 Å². The Bertz CT molecular complexity index is 1040. The Morgan fingerprint density at radius 3 is 2.68 bits per heavy atom. The predicted octanol–water partition coefficient (Wildman–Crippen LogP) is 3.95. The molecule has 1 N–H and O–H groups in total. The lowest BCUT2D eigenvalue weighted by Gasteiger charge is -2.06. The standard InChI is InChI=1S/C18H13ClN4O2/c19-13-7-5-12(6-8-13)17(22-24)18-15(9-23-11-20-10-21-23)14-3-1-2-4-16(14)25-18/h1-8,10-11,24H,9H2/b22-17+. The van der Waals surface area contributed by atoms with Crippen LogP contribution < -0.4 is 0 Å². The van der Waals surface area contributed by atoms with Crippen LogP contribution >= 0.6 is 11.6 Å². The summed E-state index contributed by atoms with van der Waals surface area (Å²) in [5, 5.41) is 18.8. The maximum Gasteiger partial charge on any atom is 0.162 e. The smallest absolute Gasteiger partial charge is 0.162 e. The van der Waals surface area contributed by atoms with Gasteiger partial charge in [0.05, 0.1) is 6.54 Å². The number of oxime groups is 1. The largest absolute Gasteiger partial charge is 0.454 e. The van der Waals surface area contributed by atoms with Crippen molar-refractivity contribution in [2.45, 2.75) is 6.54 Å². The van der Waals surface area contributed by atoms with E-state index in [9.17, 15) is 5.21 Å². The number of para-hydroxylation sites is 1. The summed E-state index contributed by atoms with van der Waals surface area (Å²) in [4.78, 5) is 3.97. The summed E-state index contributed by atoms with van der Waals surface area (Å²) >= 11 is 5.95. The summed E-state index contributed by atoms with van der Waals surface area (Å²) in [6.45, 7) is 0.443. The van der Waals surface area contributed by atoms with Crippen LogP contribution in [-0.4, -0.2) is 25.7 Å². The van der Waals surface area contributed by atoms with Crippen molar-refractivity contribution >= 4 is 28.3 Å². The molecule has 2 heterocycles. The van der Waals surface area contributed by atoms with Crippen LogP contribution in [0.3, 0.4) is 0 Å². The van der Waals surface area contributed by atoms with Crippen LogP contribution in [0, 0.1) is 0 Å². The van der Waals surface area contributed by atoms with Crippen LogP contribution in [0.2, 0.25) is 5.02 Å². The van der Waals surface area contributed by atoms with Gasteiger partial charge in [0.25, 0.3) is 0 Å². The minimum atomic E-state index is 0.336. The molecule has 2 aromatic heterocycles. The Kier molecular flexibility index (Phi) is 3.95. The Hall–Kier alpha value is -3.12. The lowest BCUT2D eigenvalue weighted by molar-refractivity contribution is 0.318. The van der Waals surface area contributed by atoms with Crippen molar-refractivity contribution in [3.05, 3.63) is 83.1 Å². The molecule has 4 aromatic rings. The molecule has 0 saturated heterocycles. The van der Waals surface area contributed by atoms with Crippen molar-refractivity contribution in [3.8, 4) is 0 Å². The van der Waals surface area contributed by atoms with E-state index >= 15 is 0 Å². The predicted molar refractivity (Wildman–Crippen MR) is 94.2 cm³/mol. The second kappa shape index (κ2) is 6.41. The molecule has 0 radical (unpaired) electrons. The number of benzene rings is 2. The number of halogens is 1. The normalized spacial score (nSPS) is 12.0. The van der Waals surface area contributed by atoms with Crippen LogP contribution in [0.15, 0.2) is 70.8 Å². The fourth-order valence-corrected chi connectivity index (χ4v) is 2.89. The van der Waals surface area contributed by atoms with E-state index in [1.165, 1.54) is 6.33 Å². The third-order valence-corrected chi connectivity index (χ3v) is 4.17. The molecular formula is C18H13ClN4O2. The zero-order valence-electron chi connectivity index (χ0n) is 13.0. The van der Waals surface area contributed by atoms with Gasteiger partial charge in [-0.3, -0.25) is 0 Å². The highest BCUT2D eigenvalue weighted by molar-refractivity contribution is 6.30. The van der Waals surface area contributed by atoms with Gasteiger partial charge < -0.3 is 9.62 Å². The molecule has 124 valence electrons. The molecule has 0 amide bonds. The first kappa shape index (κ1) is 15.4. The molecule has 0 saturated carbocycles. The lowest BCUT2D eigenvalue weighted by Crippen LogP contribution is -2.08. The number of furan rings is 1.